The summed E-state index contributed by atoms with van der Waals surface area (Å²) >= 11 is 0. The Morgan fingerprint density at radius 2 is 1.67 bits per heavy atom. The molecule has 2 aromatic carbocycles. The molecule has 2 aliphatic rings. The van der Waals surface area contributed by atoms with E-state index in [2.05, 4.69) is 15.0 Å². The van der Waals surface area contributed by atoms with E-state index in [0.717, 1.165) is 24.2 Å². The summed E-state index contributed by atoms with van der Waals surface area (Å²) in [5.74, 6) is -2.48. The zero-order valence-electron chi connectivity index (χ0n) is 19.3. The van der Waals surface area contributed by atoms with Gasteiger partial charge >= 0.3 is 17.8 Å². The molecule has 2 N–H and O–H groups in total. The summed E-state index contributed by atoms with van der Waals surface area (Å²) in [5, 5.41) is 2.48. The maximum Gasteiger partial charge on any atom is 0.335 e. The van der Waals surface area contributed by atoms with Crippen LogP contribution in [0.4, 0.5) is 10.5 Å². The van der Waals surface area contributed by atoms with E-state index in [1.807, 2.05) is 0 Å². The van der Waals surface area contributed by atoms with Gasteiger partial charge in [0.2, 0.25) is 5.91 Å². The molecule has 36 heavy (non-hydrogen) atoms. The maximum absolute atomic E-state index is 12.8. The number of amidine groups is 1. The van der Waals surface area contributed by atoms with Crippen LogP contribution in [0.5, 0.6) is 0 Å². The van der Waals surface area contributed by atoms with Gasteiger partial charge in [0.1, 0.15) is 12.4 Å². The van der Waals surface area contributed by atoms with Gasteiger partial charge in [-0.2, -0.15) is 0 Å². The van der Waals surface area contributed by atoms with Crippen molar-refractivity contribution in [3.8, 4) is 0 Å². The van der Waals surface area contributed by atoms with Gasteiger partial charge in [0, 0.05) is 18.7 Å². The summed E-state index contributed by atoms with van der Waals surface area (Å²) in [4.78, 5) is 55.4. The number of nitrogens with zero attached hydrogens (tertiary/aromatic N) is 3. The van der Waals surface area contributed by atoms with Crippen molar-refractivity contribution in [3.05, 3.63) is 60.2 Å². The number of carbonyl (C=O) groups is 4. The molecule has 0 aromatic heterocycles. The van der Waals surface area contributed by atoms with Crippen molar-refractivity contribution in [2.24, 2.45) is 4.99 Å². The molecule has 11 nitrogen and oxygen atoms in total. The SMILES string of the molecule is O=C(CN1C(=O)C(=O)N(Cc2ccccc2)C1=O)Nc1cccc(S(=O)(=O)NC2=NCCCCC2)c1. The predicted molar refractivity (Wildman–Crippen MR) is 130 cm³/mol. The number of amides is 5. The van der Waals surface area contributed by atoms with Gasteiger partial charge in [0.25, 0.3) is 10.0 Å². The molecule has 0 aliphatic carbocycles. The van der Waals surface area contributed by atoms with Crippen molar-refractivity contribution in [1.29, 1.82) is 0 Å². The van der Waals surface area contributed by atoms with Gasteiger partial charge in [-0.25, -0.2) is 18.1 Å². The smallest absolute Gasteiger partial charge is 0.324 e. The quantitative estimate of drug-likeness (QED) is 0.429. The first-order valence-corrected chi connectivity index (χ1v) is 12.9. The highest BCUT2D eigenvalue weighted by Gasteiger charge is 2.45. The van der Waals surface area contributed by atoms with Gasteiger partial charge in [-0.1, -0.05) is 42.8 Å². The molecule has 2 heterocycles. The molecule has 2 aromatic rings. The third-order valence-corrected chi connectivity index (χ3v) is 7.05. The fraction of sp³-hybridized carbons (Fsp3) is 0.292. The van der Waals surface area contributed by atoms with Crippen LogP contribution in [-0.2, 0) is 31.0 Å². The molecule has 0 radical (unpaired) electrons. The van der Waals surface area contributed by atoms with E-state index >= 15 is 0 Å². The second kappa shape index (κ2) is 10.7. The van der Waals surface area contributed by atoms with Gasteiger partial charge in [0.15, 0.2) is 0 Å². The average molecular weight is 512 g/mol. The van der Waals surface area contributed by atoms with Gasteiger partial charge in [-0.05, 0) is 36.6 Å². The van der Waals surface area contributed by atoms with Crippen LogP contribution in [0.2, 0.25) is 0 Å². The summed E-state index contributed by atoms with van der Waals surface area (Å²) in [5.41, 5.74) is 0.803. The summed E-state index contributed by atoms with van der Waals surface area (Å²) in [6, 6.07) is 13.3. The van der Waals surface area contributed by atoms with Crippen LogP contribution in [-0.4, -0.2) is 60.9 Å². The monoisotopic (exact) mass is 511 g/mol. The molecule has 0 saturated carbocycles. The normalized spacial score (nSPS) is 16.6. The number of nitrogens with one attached hydrogen (secondary N) is 2. The summed E-state index contributed by atoms with van der Waals surface area (Å²) in [6.07, 6.45) is 3.27. The van der Waals surface area contributed by atoms with Crippen LogP contribution in [0, 0.1) is 0 Å². The standard InChI is InChI=1S/C24H25N5O6S/c30-21(16-29-23(32)22(31)28(24(29)33)15-17-8-3-1-4-9-17)26-18-10-7-11-19(14-18)36(34,35)27-20-12-5-2-6-13-25-20/h1,3-4,7-11,14H,2,5-6,12-13,15-16H2,(H,25,27)(H,26,30). The Morgan fingerprint density at radius 3 is 2.44 bits per heavy atom. The Hall–Kier alpha value is -4.06. The molecule has 12 heteroatoms. The van der Waals surface area contributed by atoms with Gasteiger partial charge in [0.05, 0.1) is 11.4 Å². The number of anilines is 1. The number of hydrogen-bond donors (Lipinski definition) is 2. The summed E-state index contributed by atoms with van der Waals surface area (Å²) in [6.45, 7) is -0.228. The first-order valence-electron chi connectivity index (χ1n) is 11.4. The molecule has 0 bridgehead atoms. The fourth-order valence-electron chi connectivity index (χ4n) is 3.85. The Bertz CT molecular complexity index is 1330. The number of urea groups is 1. The van der Waals surface area contributed by atoms with Crippen molar-refractivity contribution in [2.45, 2.75) is 37.1 Å². The Kier molecular flexibility index (Phi) is 7.44. The first kappa shape index (κ1) is 25.0. The number of carbonyl (C=O) groups excluding carboxylic acids is 4. The van der Waals surface area contributed by atoms with Crippen molar-refractivity contribution in [2.75, 3.05) is 18.4 Å². The molecule has 1 fully saturated rings. The average Bonchev–Trinajstić information content (AvgIpc) is 3.04. The molecule has 5 amide bonds. The minimum atomic E-state index is -3.92. The molecule has 2 aliphatic heterocycles. The lowest BCUT2D eigenvalue weighted by molar-refractivity contribution is -0.143. The highest BCUT2D eigenvalue weighted by molar-refractivity contribution is 7.90. The van der Waals surface area contributed by atoms with Crippen LogP contribution in [0.3, 0.4) is 0 Å². The van der Waals surface area contributed by atoms with Crippen molar-refractivity contribution in [1.82, 2.24) is 14.5 Å². The van der Waals surface area contributed by atoms with Crippen LogP contribution < -0.4 is 10.0 Å². The van der Waals surface area contributed by atoms with E-state index in [0.29, 0.717) is 29.3 Å². The topological polar surface area (TPSA) is 145 Å². The maximum atomic E-state index is 12.8. The van der Waals surface area contributed by atoms with Crippen LogP contribution in [0.25, 0.3) is 0 Å². The number of hydrogen-bond acceptors (Lipinski definition) is 7. The Morgan fingerprint density at radius 1 is 0.917 bits per heavy atom. The lowest BCUT2D eigenvalue weighted by Gasteiger charge is -2.16. The van der Waals surface area contributed by atoms with Crippen molar-refractivity contribution < 1.29 is 27.6 Å². The van der Waals surface area contributed by atoms with E-state index in [1.165, 1.54) is 24.3 Å². The molecule has 4 rings (SSSR count). The van der Waals surface area contributed by atoms with E-state index < -0.39 is 40.3 Å². The molecule has 0 atom stereocenters. The third kappa shape index (κ3) is 5.77. The second-order valence-electron chi connectivity index (χ2n) is 8.37. The van der Waals surface area contributed by atoms with Gasteiger partial charge in [-0.3, -0.25) is 29.0 Å². The zero-order valence-corrected chi connectivity index (χ0v) is 20.2. The molecular weight excluding hydrogens is 486 g/mol. The Labute approximate surface area is 208 Å². The number of aliphatic imine (C=N–C) groups is 1. The lowest BCUT2D eigenvalue weighted by Crippen LogP contribution is -2.38. The highest BCUT2D eigenvalue weighted by atomic mass is 32.2. The van der Waals surface area contributed by atoms with Crippen molar-refractivity contribution in [3.63, 3.8) is 0 Å². The minimum Gasteiger partial charge on any atom is -0.324 e. The number of imide groups is 2. The van der Waals surface area contributed by atoms with E-state index in [4.69, 9.17) is 0 Å². The molecular formula is C24H25N5O6S. The highest BCUT2D eigenvalue weighted by Crippen LogP contribution is 2.19. The third-order valence-electron chi connectivity index (χ3n) is 5.67. The second-order valence-corrected chi connectivity index (χ2v) is 10.1. The largest absolute Gasteiger partial charge is 0.335 e. The molecule has 188 valence electrons. The predicted octanol–water partition coefficient (Wildman–Crippen LogP) is 1.87. The molecule has 1 saturated heterocycles. The van der Waals surface area contributed by atoms with E-state index in [9.17, 15) is 27.6 Å². The lowest BCUT2D eigenvalue weighted by atomic mass is 10.2. The number of rotatable bonds is 7. The fourth-order valence-corrected chi connectivity index (χ4v) is 4.99. The van der Waals surface area contributed by atoms with Crippen molar-refractivity contribution >= 4 is 45.3 Å². The summed E-state index contributed by atoms with van der Waals surface area (Å²) in [7, 11) is -3.92. The first-order chi connectivity index (χ1) is 17.2. The van der Waals surface area contributed by atoms with E-state index in [-0.39, 0.29) is 17.1 Å². The summed E-state index contributed by atoms with van der Waals surface area (Å²) < 4.78 is 28.1. The van der Waals surface area contributed by atoms with Gasteiger partial charge in [-0.15, -0.1) is 0 Å². The van der Waals surface area contributed by atoms with Crippen LogP contribution >= 0.6 is 0 Å². The number of sulfonamides is 1. The van der Waals surface area contributed by atoms with E-state index in [1.54, 1.807) is 30.3 Å². The van der Waals surface area contributed by atoms with Crippen LogP contribution in [0.1, 0.15) is 31.2 Å². The molecule has 0 spiro atoms. The van der Waals surface area contributed by atoms with Gasteiger partial charge < -0.3 is 5.32 Å². The Balaban J connectivity index is 1.41. The molecule has 0 unspecified atom stereocenters. The zero-order chi connectivity index (χ0) is 25.7. The van der Waals surface area contributed by atoms with Crippen LogP contribution in [0.15, 0.2) is 64.5 Å². The number of benzene rings is 2. The minimum absolute atomic E-state index is 0.0789.